The molecule has 0 spiro atoms. The number of carbonyl (C=O) groups is 2. The zero-order valence-corrected chi connectivity index (χ0v) is 12.1. The second kappa shape index (κ2) is 7.95. The van der Waals surface area contributed by atoms with Crippen molar-refractivity contribution in [3.63, 3.8) is 0 Å². The van der Waals surface area contributed by atoms with E-state index in [-0.39, 0.29) is 18.6 Å². The van der Waals surface area contributed by atoms with Gasteiger partial charge in [-0.05, 0) is 26.2 Å². The number of hydrogen-bond acceptors (Lipinski definition) is 2. The van der Waals surface area contributed by atoms with E-state index in [1.54, 1.807) is 4.90 Å². The van der Waals surface area contributed by atoms with Gasteiger partial charge in [0.2, 0.25) is 0 Å². The lowest BCUT2D eigenvalue weighted by atomic mass is 10.2. The fourth-order valence-electron chi connectivity index (χ4n) is 1.74. The molecule has 0 rings (SSSR count). The quantitative estimate of drug-likeness (QED) is 0.762. The van der Waals surface area contributed by atoms with Gasteiger partial charge >= 0.3 is 12.0 Å². The van der Waals surface area contributed by atoms with E-state index in [0.717, 1.165) is 6.42 Å². The lowest BCUT2D eigenvalue weighted by molar-refractivity contribution is -0.138. The average molecular weight is 258 g/mol. The Morgan fingerprint density at radius 2 is 1.72 bits per heavy atom. The molecule has 18 heavy (non-hydrogen) atoms. The molecule has 5 heteroatoms. The number of hydrogen-bond donors (Lipinski definition) is 1. The molecule has 106 valence electrons. The lowest BCUT2D eigenvalue weighted by Crippen LogP contribution is -2.50. The molecule has 1 N–H and O–H groups in total. The maximum Gasteiger partial charge on any atom is 0.323 e. The van der Waals surface area contributed by atoms with Crippen LogP contribution in [0.5, 0.6) is 0 Å². The second-order valence-electron chi connectivity index (χ2n) is 4.99. The van der Waals surface area contributed by atoms with Crippen LogP contribution in [0.1, 0.15) is 41.0 Å². The highest BCUT2D eigenvalue weighted by atomic mass is 16.4. The zero-order chi connectivity index (χ0) is 14.3. The summed E-state index contributed by atoms with van der Waals surface area (Å²) in [4.78, 5) is 26.3. The third kappa shape index (κ3) is 5.38. The number of carbonyl (C=O) groups excluding carboxylic acids is 1. The number of nitrogens with zero attached hydrogens (tertiary/aromatic N) is 2. The predicted octanol–water partition coefficient (Wildman–Crippen LogP) is 2.27. The van der Waals surface area contributed by atoms with Crippen LogP contribution in [0.4, 0.5) is 4.79 Å². The van der Waals surface area contributed by atoms with Gasteiger partial charge in [-0.1, -0.05) is 20.8 Å². The Bertz CT molecular complexity index is 279. The predicted molar refractivity (Wildman–Crippen MR) is 71.6 cm³/mol. The average Bonchev–Trinajstić information content (AvgIpc) is 2.30. The van der Waals surface area contributed by atoms with E-state index >= 15 is 0 Å². The Morgan fingerprint density at radius 1 is 1.17 bits per heavy atom. The third-order valence-corrected chi connectivity index (χ3v) is 2.91. The highest BCUT2D eigenvalue weighted by molar-refractivity contribution is 5.80. The van der Waals surface area contributed by atoms with Gasteiger partial charge in [-0.2, -0.15) is 0 Å². The van der Waals surface area contributed by atoms with E-state index in [4.69, 9.17) is 5.11 Å². The summed E-state index contributed by atoms with van der Waals surface area (Å²) in [7, 11) is 0. The molecule has 2 amide bonds. The van der Waals surface area contributed by atoms with Crippen LogP contribution in [-0.2, 0) is 4.79 Å². The highest BCUT2D eigenvalue weighted by Crippen LogP contribution is 2.09. The maximum atomic E-state index is 12.3. The SMILES string of the molecule is CCC(C)N(CC(=O)O)C(=O)N(CC)CC(C)C. The first-order valence-electron chi connectivity index (χ1n) is 6.60. The smallest absolute Gasteiger partial charge is 0.323 e. The third-order valence-electron chi connectivity index (χ3n) is 2.91. The molecule has 0 aliphatic heterocycles. The molecule has 5 nitrogen and oxygen atoms in total. The van der Waals surface area contributed by atoms with Gasteiger partial charge in [0.25, 0.3) is 0 Å². The first-order chi connectivity index (χ1) is 8.33. The molecular formula is C13H26N2O3. The van der Waals surface area contributed by atoms with Gasteiger partial charge in [0, 0.05) is 19.1 Å². The molecule has 0 radical (unpaired) electrons. The van der Waals surface area contributed by atoms with Gasteiger partial charge in [0.15, 0.2) is 0 Å². The van der Waals surface area contributed by atoms with Crippen LogP contribution in [0.2, 0.25) is 0 Å². The molecule has 0 fully saturated rings. The monoisotopic (exact) mass is 258 g/mol. The van der Waals surface area contributed by atoms with Crippen molar-refractivity contribution >= 4 is 12.0 Å². The standard InChI is InChI=1S/C13H26N2O3/c1-6-11(5)15(9-12(16)17)13(18)14(7-2)8-10(3)4/h10-11H,6-9H2,1-5H3,(H,16,17). The Hall–Kier alpha value is -1.26. The fourth-order valence-corrected chi connectivity index (χ4v) is 1.74. The summed E-state index contributed by atoms with van der Waals surface area (Å²) in [5.41, 5.74) is 0. The normalized spacial score (nSPS) is 12.3. The summed E-state index contributed by atoms with van der Waals surface area (Å²) in [6.45, 7) is 10.8. The van der Waals surface area contributed by atoms with Crippen molar-refractivity contribution in [1.82, 2.24) is 9.80 Å². The molecule has 0 saturated carbocycles. The van der Waals surface area contributed by atoms with Crippen LogP contribution >= 0.6 is 0 Å². The van der Waals surface area contributed by atoms with Crippen molar-refractivity contribution in [1.29, 1.82) is 0 Å². The topological polar surface area (TPSA) is 60.9 Å². The Morgan fingerprint density at radius 3 is 2.06 bits per heavy atom. The van der Waals surface area contributed by atoms with Crippen molar-refractivity contribution in [3.8, 4) is 0 Å². The van der Waals surface area contributed by atoms with Crippen LogP contribution in [0.25, 0.3) is 0 Å². The highest BCUT2D eigenvalue weighted by Gasteiger charge is 2.25. The molecule has 0 saturated heterocycles. The van der Waals surface area contributed by atoms with Crippen LogP contribution in [-0.4, -0.2) is 52.6 Å². The summed E-state index contributed by atoms with van der Waals surface area (Å²) in [5, 5.41) is 8.90. The molecule has 0 heterocycles. The van der Waals surface area contributed by atoms with Crippen molar-refractivity contribution in [2.24, 2.45) is 5.92 Å². The van der Waals surface area contributed by atoms with Crippen molar-refractivity contribution < 1.29 is 14.7 Å². The van der Waals surface area contributed by atoms with Crippen molar-refractivity contribution in [2.45, 2.75) is 47.1 Å². The van der Waals surface area contributed by atoms with Gasteiger partial charge < -0.3 is 14.9 Å². The Balaban J connectivity index is 4.85. The molecule has 0 aromatic carbocycles. The Labute approximate surface area is 110 Å². The molecular weight excluding hydrogens is 232 g/mol. The summed E-state index contributed by atoms with van der Waals surface area (Å²) >= 11 is 0. The van der Waals surface area contributed by atoms with Gasteiger partial charge in [0.05, 0.1) is 0 Å². The van der Waals surface area contributed by atoms with Crippen molar-refractivity contribution in [2.75, 3.05) is 19.6 Å². The first-order valence-corrected chi connectivity index (χ1v) is 6.60. The zero-order valence-electron chi connectivity index (χ0n) is 12.1. The van der Waals surface area contributed by atoms with Gasteiger partial charge in [-0.25, -0.2) is 4.79 Å². The minimum Gasteiger partial charge on any atom is -0.480 e. The van der Waals surface area contributed by atoms with E-state index < -0.39 is 5.97 Å². The largest absolute Gasteiger partial charge is 0.480 e. The van der Waals surface area contributed by atoms with E-state index in [9.17, 15) is 9.59 Å². The van der Waals surface area contributed by atoms with Crippen LogP contribution < -0.4 is 0 Å². The summed E-state index contributed by atoms with van der Waals surface area (Å²) in [6.07, 6.45) is 0.748. The lowest BCUT2D eigenvalue weighted by Gasteiger charge is -2.33. The number of carboxylic acids is 1. The molecule has 0 aliphatic rings. The summed E-state index contributed by atoms with van der Waals surface area (Å²) in [5.74, 6) is -0.596. The van der Waals surface area contributed by atoms with E-state index in [1.165, 1.54) is 4.90 Å². The minimum absolute atomic E-state index is 0.0604. The molecule has 0 bridgehead atoms. The first kappa shape index (κ1) is 16.7. The van der Waals surface area contributed by atoms with Gasteiger partial charge in [-0.3, -0.25) is 4.79 Å². The minimum atomic E-state index is -0.968. The fraction of sp³-hybridized carbons (Fsp3) is 0.846. The molecule has 1 atom stereocenters. The van der Waals surface area contributed by atoms with E-state index in [2.05, 4.69) is 0 Å². The maximum absolute atomic E-state index is 12.3. The summed E-state index contributed by atoms with van der Waals surface area (Å²) < 4.78 is 0. The van der Waals surface area contributed by atoms with Crippen LogP contribution in [0.15, 0.2) is 0 Å². The van der Waals surface area contributed by atoms with Crippen LogP contribution in [0.3, 0.4) is 0 Å². The number of amides is 2. The number of carboxylic acid groups (broad SMARTS) is 1. The van der Waals surface area contributed by atoms with Gasteiger partial charge in [-0.15, -0.1) is 0 Å². The number of aliphatic carboxylic acids is 1. The molecule has 0 aromatic heterocycles. The molecule has 0 aliphatic carbocycles. The summed E-state index contributed by atoms with van der Waals surface area (Å²) in [6, 6.07) is -0.238. The Kier molecular flexibility index (Phi) is 7.39. The van der Waals surface area contributed by atoms with Crippen molar-refractivity contribution in [3.05, 3.63) is 0 Å². The molecule has 1 unspecified atom stereocenters. The van der Waals surface area contributed by atoms with E-state index in [0.29, 0.717) is 19.0 Å². The van der Waals surface area contributed by atoms with Gasteiger partial charge in [0.1, 0.15) is 6.54 Å². The number of rotatable bonds is 7. The van der Waals surface area contributed by atoms with E-state index in [1.807, 2.05) is 34.6 Å². The molecule has 0 aromatic rings. The second-order valence-corrected chi connectivity index (χ2v) is 4.99. The van der Waals surface area contributed by atoms with Crippen LogP contribution in [0, 0.1) is 5.92 Å². The number of urea groups is 1.